The van der Waals surface area contributed by atoms with E-state index in [1.165, 1.54) is 56.9 Å². The molecule has 3 fully saturated rings. The van der Waals surface area contributed by atoms with Gasteiger partial charge in [-0.25, -0.2) is 0 Å². The van der Waals surface area contributed by atoms with Gasteiger partial charge in [0.15, 0.2) is 0 Å². The van der Waals surface area contributed by atoms with Gasteiger partial charge in [0.1, 0.15) is 5.75 Å². The van der Waals surface area contributed by atoms with Crippen molar-refractivity contribution in [3.63, 3.8) is 0 Å². The highest BCUT2D eigenvalue weighted by molar-refractivity contribution is 5.78. The average molecular weight is 357 g/mol. The molecule has 1 amide bonds. The van der Waals surface area contributed by atoms with E-state index in [-0.39, 0.29) is 11.9 Å². The van der Waals surface area contributed by atoms with E-state index in [1.807, 2.05) is 12.1 Å². The Morgan fingerprint density at radius 1 is 1.12 bits per heavy atom. The standard InChI is InChI=1S/C22H32N2O2/c1-26-19-12-10-18(11-13-19)22(17-8-9-17)23-21(25)15-24-14-4-6-16-5-2-3-7-20(16)24/h10-13,16-17,20,22H,2-9,14-15H2,1H3,(H,23,25)/t16-,20+,22-/m1/s1. The van der Waals surface area contributed by atoms with Gasteiger partial charge < -0.3 is 10.1 Å². The van der Waals surface area contributed by atoms with Crippen molar-refractivity contribution in [3.05, 3.63) is 29.8 Å². The van der Waals surface area contributed by atoms with Crippen molar-refractivity contribution < 1.29 is 9.53 Å². The van der Waals surface area contributed by atoms with Crippen LogP contribution in [0.4, 0.5) is 0 Å². The number of hydrogen-bond acceptors (Lipinski definition) is 3. The molecule has 26 heavy (non-hydrogen) atoms. The van der Waals surface area contributed by atoms with Crippen LogP contribution in [-0.4, -0.2) is 37.0 Å². The lowest BCUT2D eigenvalue weighted by atomic mass is 9.78. The van der Waals surface area contributed by atoms with Gasteiger partial charge in [0, 0.05) is 6.04 Å². The number of rotatable bonds is 6. The second-order valence-electron chi connectivity index (χ2n) is 8.38. The Balaban J connectivity index is 1.38. The highest BCUT2D eigenvalue weighted by Gasteiger charge is 2.36. The Hall–Kier alpha value is -1.55. The normalized spacial score (nSPS) is 27.4. The summed E-state index contributed by atoms with van der Waals surface area (Å²) in [6.45, 7) is 1.66. The maximum atomic E-state index is 12.8. The molecule has 3 aliphatic rings. The Labute approximate surface area is 157 Å². The van der Waals surface area contributed by atoms with Crippen LogP contribution < -0.4 is 10.1 Å². The first-order chi connectivity index (χ1) is 12.7. The van der Waals surface area contributed by atoms with Gasteiger partial charge >= 0.3 is 0 Å². The number of nitrogens with one attached hydrogen (secondary N) is 1. The molecule has 4 heteroatoms. The maximum absolute atomic E-state index is 12.8. The number of piperidine rings is 1. The summed E-state index contributed by atoms with van der Waals surface area (Å²) in [6, 6.07) is 8.98. The molecule has 1 N–H and O–H groups in total. The van der Waals surface area contributed by atoms with E-state index in [4.69, 9.17) is 4.74 Å². The van der Waals surface area contributed by atoms with E-state index in [0.29, 0.717) is 18.5 Å². The fourth-order valence-corrected chi connectivity index (χ4v) is 5.04. The van der Waals surface area contributed by atoms with Gasteiger partial charge in [-0.15, -0.1) is 0 Å². The molecule has 3 atom stereocenters. The van der Waals surface area contributed by atoms with Gasteiger partial charge in [-0.1, -0.05) is 25.0 Å². The van der Waals surface area contributed by atoms with Gasteiger partial charge in [-0.2, -0.15) is 0 Å². The quantitative estimate of drug-likeness (QED) is 0.840. The predicted octanol–water partition coefficient (Wildman–Crippen LogP) is 3.92. The van der Waals surface area contributed by atoms with Crippen LogP contribution in [0.2, 0.25) is 0 Å². The average Bonchev–Trinajstić information content (AvgIpc) is 3.52. The topological polar surface area (TPSA) is 41.6 Å². The minimum atomic E-state index is 0.153. The minimum absolute atomic E-state index is 0.153. The summed E-state index contributed by atoms with van der Waals surface area (Å²) >= 11 is 0. The number of hydrogen-bond donors (Lipinski definition) is 1. The Morgan fingerprint density at radius 2 is 1.85 bits per heavy atom. The number of nitrogens with zero attached hydrogens (tertiary/aromatic N) is 1. The fourth-order valence-electron chi connectivity index (χ4n) is 5.04. The molecule has 2 saturated carbocycles. The molecule has 0 aromatic heterocycles. The first-order valence-corrected chi connectivity index (χ1v) is 10.4. The van der Waals surface area contributed by atoms with Crippen molar-refractivity contribution in [1.82, 2.24) is 10.2 Å². The number of fused-ring (bicyclic) bond motifs is 1. The third-order valence-electron chi connectivity index (χ3n) is 6.59. The van der Waals surface area contributed by atoms with Crippen molar-refractivity contribution >= 4 is 5.91 Å². The maximum Gasteiger partial charge on any atom is 0.234 e. The SMILES string of the molecule is COc1ccc([C@H](NC(=O)CN2CCC[C@H]3CCCC[C@@H]32)C2CC2)cc1. The van der Waals surface area contributed by atoms with Crippen LogP contribution in [-0.2, 0) is 4.79 Å². The molecule has 1 aromatic rings. The molecular formula is C22H32N2O2. The number of likely N-dealkylation sites (tertiary alicyclic amines) is 1. The smallest absolute Gasteiger partial charge is 0.234 e. The molecule has 0 radical (unpaired) electrons. The molecule has 2 aliphatic carbocycles. The number of methoxy groups -OCH3 is 1. The van der Waals surface area contributed by atoms with Crippen molar-refractivity contribution in [1.29, 1.82) is 0 Å². The molecule has 4 nitrogen and oxygen atoms in total. The van der Waals surface area contributed by atoms with Crippen LogP contribution in [0.25, 0.3) is 0 Å². The molecule has 1 heterocycles. The number of carbonyl (C=O) groups is 1. The van der Waals surface area contributed by atoms with E-state index < -0.39 is 0 Å². The molecule has 1 saturated heterocycles. The third-order valence-corrected chi connectivity index (χ3v) is 6.59. The lowest BCUT2D eigenvalue weighted by Gasteiger charge is -2.44. The molecule has 0 spiro atoms. The van der Waals surface area contributed by atoms with Crippen LogP contribution >= 0.6 is 0 Å². The Kier molecular flexibility index (Phi) is 5.49. The van der Waals surface area contributed by atoms with Crippen molar-refractivity contribution in [2.45, 2.75) is 63.5 Å². The van der Waals surface area contributed by atoms with E-state index in [0.717, 1.165) is 18.2 Å². The summed E-state index contributed by atoms with van der Waals surface area (Å²) in [7, 11) is 1.69. The van der Waals surface area contributed by atoms with Gasteiger partial charge in [0.05, 0.1) is 19.7 Å². The third kappa shape index (κ3) is 4.06. The van der Waals surface area contributed by atoms with Crippen molar-refractivity contribution in [2.75, 3.05) is 20.2 Å². The first-order valence-electron chi connectivity index (χ1n) is 10.4. The lowest BCUT2D eigenvalue weighted by Crippen LogP contribution is -2.50. The van der Waals surface area contributed by atoms with Crippen LogP contribution in [0.5, 0.6) is 5.75 Å². The second kappa shape index (κ2) is 7.99. The van der Waals surface area contributed by atoms with Gasteiger partial charge in [-0.3, -0.25) is 9.69 Å². The van der Waals surface area contributed by atoms with Crippen LogP contribution in [0.1, 0.15) is 63.0 Å². The molecule has 0 bridgehead atoms. The molecule has 0 unspecified atom stereocenters. The summed E-state index contributed by atoms with van der Waals surface area (Å²) < 4.78 is 5.26. The predicted molar refractivity (Wildman–Crippen MR) is 103 cm³/mol. The monoisotopic (exact) mass is 356 g/mol. The lowest BCUT2D eigenvalue weighted by molar-refractivity contribution is -0.124. The van der Waals surface area contributed by atoms with Crippen LogP contribution in [0.3, 0.4) is 0 Å². The summed E-state index contributed by atoms with van der Waals surface area (Å²) in [5.41, 5.74) is 1.20. The highest BCUT2D eigenvalue weighted by Crippen LogP contribution is 2.41. The summed E-state index contributed by atoms with van der Waals surface area (Å²) in [6.07, 6.45) is 10.4. The number of ether oxygens (including phenoxy) is 1. The Morgan fingerprint density at radius 3 is 2.58 bits per heavy atom. The van der Waals surface area contributed by atoms with Crippen LogP contribution in [0.15, 0.2) is 24.3 Å². The summed E-state index contributed by atoms with van der Waals surface area (Å²) in [5, 5.41) is 3.35. The van der Waals surface area contributed by atoms with Gasteiger partial charge in [0.2, 0.25) is 5.91 Å². The second-order valence-corrected chi connectivity index (χ2v) is 8.38. The van der Waals surface area contributed by atoms with E-state index >= 15 is 0 Å². The minimum Gasteiger partial charge on any atom is -0.497 e. The molecule has 1 aromatic carbocycles. The largest absolute Gasteiger partial charge is 0.497 e. The number of benzene rings is 1. The molecular weight excluding hydrogens is 324 g/mol. The fraction of sp³-hybridized carbons (Fsp3) is 0.682. The highest BCUT2D eigenvalue weighted by atomic mass is 16.5. The Bertz CT molecular complexity index is 609. The first kappa shape index (κ1) is 17.8. The van der Waals surface area contributed by atoms with Crippen molar-refractivity contribution in [3.8, 4) is 5.75 Å². The summed E-state index contributed by atoms with van der Waals surface area (Å²) in [4.78, 5) is 15.3. The zero-order chi connectivity index (χ0) is 17.9. The summed E-state index contributed by atoms with van der Waals surface area (Å²) in [5.74, 6) is 2.48. The molecule has 4 rings (SSSR count). The number of carbonyl (C=O) groups excluding carboxylic acids is 1. The van der Waals surface area contributed by atoms with E-state index in [9.17, 15) is 4.79 Å². The number of amides is 1. The zero-order valence-corrected chi connectivity index (χ0v) is 16.0. The van der Waals surface area contributed by atoms with Gasteiger partial charge in [-0.05, 0) is 74.6 Å². The van der Waals surface area contributed by atoms with Gasteiger partial charge in [0.25, 0.3) is 0 Å². The van der Waals surface area contributed by atoms with Crippen LogP contribution in [0, 0.1) is 11.8 Å². The molecule has 1 aliphatic heterocycles. The van der Waals surface area contributed by atoms with Crippen molar-refractivity contribution in [2.24, 2.45) is 11.8 Å². The molecule has 142 valence electrons. The van der Waals surface area contributed by atoms with E-state index in [1.54, 1.807) is 7.11 Å². The zero-order valence-electron chi connectivity index (χ0n) is 16.0. The van der Waals surface area contributed by atoms with E-state index in [2.05, 4.69) is 22.3 Å².